The number of carbonyl (C=O) groups excluding carboxylic acids is 1. The molecule has 1 saturated heterocycles. The van der Waals surface area contributed by atoms with Gasteiger partial charge >= 0.3 is 0 Å². The summed E-state index contributed by atoms with van der Waals surface area (Å²) in [4.78, 5) is 18.5. The molecule has 1 amide bonds. The lowest BCUT2D eigenvalue weighted by atomic mass is 10.2. The highest BCUT2D eigenvalue weighted by Crippen LogP contribution is 2.23. The second kappa shape index (κ2) is 7.15. The molecule has 2 heterocycles. The standard InChI is InChI=1S/C14H19ClN2OS/c1-2-19-12-5-3-4-8-17(10-12)14(18)13-9-11(15)6-7-16-13/h6-7,9,12H,2-5,8,10H2,1H3/t12-/m0/s1. The first-order valence-corrected chi connectivity index (χ1v) is 8.16. The molecular formula is C14H19ClN2OS. The number of halogens is 1. The van der Waals surface area contributed by atoms with Crippen LogP contribution in [0.4, 0.5) is 0 Å². The van der Waals surface area contributed by atoms with Crippen LogP contribution in [0.15, 0.2) is 18.3 Å². The van der Waals surface area contributed by atoms with E-state index in [0.717, 1.165) is 25.3 Å². The molecule has 1 fully saturated rings. The smallest absolute Gasteiger partial charge is 0.272 e. The summed E-state index contributed by atoms with van der Waals surface area (Å²) in [6.07, 6.45) is 5.06. The SMILES string of the molecule is CCS[C@H]1CCCCN(C(=O)c2cc(Cl)ccn2)C1. The average molecular weight is 299 g/mol. The molecule has 5 heteroatoms. The Labute approximate surface area is 123 Å². The molecule has 0 saturated carbocycles. The van der Waals surface area contributed by atoms with E-state index in [1.807, 2.05) is 16.7 Å². The zero-order chi connectivity index (χ0) is 13.7. The number of hydrogen-bond acceptors (Lipinski definition) is 3. The van der Waals surface area contributed by atoms with E-state index in [4.69, 9.17) is 11.6 Å². The highest BCUT2D eigenvalue weighted by molar-refractivity contribution is 7.99. The zero-order valence-corrected chi connectivity index (χ0v) is 12.7. The first-order chi connectivity index (χ1) is 9.20. The van der Waals surface area contributed by atoms with Crippen molar-refractivity contribution >= 4 is 29.3 Å². The van der Waals surface area contributed by atoms with E-state index in [1.54, 1.807) is 18.3 Å². The largest absolute Gasteiger partial charge is 0.336 e. The molecule has 0 N–H and O–H groups in total. The molecule has 3 nitrogen and oxygen atoms in total. The van der Waals surface area contributed by atoms with E-state index in [9.17, 15) is 4.79 Å². The minimum absolute atomic E-state index is 0.00565. The molecule has 0 bridgehead atoms. The molecule has 0 unspecified atom stereocenters. The Kier molecular flexibility index (Phi) is 5.52. The van der Waals surface area contributed by atoms with Crippen molar-refractivity contribution in [1.29, 1.82) is 0 Å². The number of aromatic nitrogens is 1. The van der Waals surface area contributed by atoms with Gasteiger partial charge in [0.1, 0.15) is 5.69 Å². The Hall–Kier alpha value is -0.740. The van der Waals surface area contributed by atoms with Gasteiger partial charge in [-0.3, -0.25) is 9.78 Å². The number of thioether (sulfide) groups is 1. The van der Waals surface area contributed by atoms with Gasteiger partial charge in [0.15, 0.2) is 0 Å². The van der Waals surface area contributed by atoms with Crippen LogP contribution in [0.1, 0.15) is 36.7 Å². The molecule has 1 atom stereocenters. The summed E-state index contributed by atoms with van der Waals surface area (Å²) in [6, 6.07) is 3.34. The summed E-state index contributed by atoms with van der Waals surface area (Å²) in [5, 5.41) is 1.11. The maximum Gasteiger partial charge on any atom is 0.272 e. The van der Waals surface area contributed by atoms with Gasteiger partial charge in [-0.1, -0.05) is 24.9 Å². The maximum absolute atomic E-state index is 12.5. The van der Waals surface area contributed by atoms with Crippen molar-refractivity contribution in [3.8, 4) is 0 Å². The molecule has 2 rings (SSSR count). The van der Waals surface area contributed by atoms with Gasteiger partial charge in [0.25, 0.3) is 5.91 Å². The van der Waals surface area contributed by atoms with Gasteiger partial charge in [-0.25, -0.2) is 0 Å². The van der Waals surface area contributed by atoms with Crippen LogP contribution in [0.2, 0.25) is 5.02 Å². The molecule has 1 aromatic heterocycles. The van der Waals surface area contributed by atoms with Gasteiger partial charge in [0.05, 0.1) is 0 Å². The van der Waals surface area contributed by atoms with Crippen molar-refractivity contribution in [3.05, 3.63) is 29.0 Å². The number of hydrogen-bond donors (Lipinski definition) is 0. The highest BCUT2D eigenvalue weighted by Gasteiger charge is 2.23. The normalized spacial score (nSPS) is 20.1. The van der Waals surface area contributed by atoms with E-state index in [-0.39, 0.29) is 5.91 Å². The molecule has 0 aromatic carbocycles. The summed E-state index contributed by atoms with van der Waals surface area (Å²) < 4.78 is 0. The number of carbonyl (C=O) groups is 1. The first kappa shape index (κ1) is 14.7. The fraction of sp³-hybridized carbons (Fsp3) is 0.571. The number of nitrogens with zero attached hydrogens (tertiary/aromatic N) is 2. The van der Waals surface area contributed by atoms with E-state index < -0.39 is 0 Å². The highest BCUT2D eigenvalue weighted by atomic mass is 35.5. The van der Waals surface area contributed by atoms with Crippen LogP contribution in [0.5, 0.6) is 0 Å². The Morgan fingerprint density at radius 3 is 3.16 bits per heavy atom. The van der Waals surface area contributed by atoms with Crippen LogP contribution in [0.3, 0.4) is 0 Å². The number of pyridine rings is 1. The predicted octanol–water partition coefficient (Wildman–Crippen LogP) is 3.48. The van der Waals surface area contributed by atoms with E-state index in [2.05, 4.69) is 11.9 Å². The van der Waals surface area contributed by atoms with Crippen molar-refractivity contribution in [2.45, 2.75) is 31.4 Å². The van der Waals surface area contributed by atoms with Crippen molar-refractivity contribution in [1.82, 2.24) is 9.88 Å². The lowest BCUT2D eigenvalue weighted by molar-refractivity contribution is 0.0757. The molecule has 0 radical (unpaired) electrons. The van der Waals surface area contributed by atoms with Crippen LogP contribution in [-0.2, 0) is 0 Å². The van der Waals surface area contributed by atoms with E-state index in [0.29, 0.717) is 16.0 Å². The number of rotatable bonds is 3. The number of amides is 1. The summed E-state index contributed by atoms with van der Waals surface area (Å²) in [7, 11) is 0. The Bertz CT molecular complexity index is 441. The van der Waals surface area contributed by atoms with Crippen LogP contribution in [-0.4, -0.2) is 39.9 Å². The third kappa shape index (κ3) is 4.11. The molecule has 1 aliphatic heterocycles. The van der Waals surface area contributed by atoms with Crippen LogP contribution in [0, 0.1) is 0 Å². The van der Waals surface area contributed by atoms with Crippen LogP contribution in [0.25, 0.3) is 0 Å². The lowest BCUT2D eigenvalue weighted by Crippen LogP contribution is -2.36. The minimum Gasteiger partial charge on any atom is -0.336 e. The number of likely N-dealkylation sites (tertiary alicyclic amines) is 1. The third-order valence-electron chi connectivity index (χ3n) is 3.26. The van der Waals surface area contributed by atoms with E-state index >= 15 is 0 Å². The van der Waals surface area contributed by atoms with Gasteiger partial charge < -0.3 is 4.90 Å². The summed E-state index contributed by atoms with van der Waals surface area (Å²) in [5.74, 6) is 1.10. The topological polar surface area (TPSA) is 33.2 Å². The summed E-state index contributed by atoms with van der Waals surface area (Å²) in [6.45, 7) is 3.82. The summed E-state index contributed by atoms with van der Waals surface area (Å²) in [5.41, 5.74) is 0.453. The fourth-order valence-corrected chi connectivity index (χ4v) is 3.59. The Morgan fingerprint density at radius 2 is 2.42 bits per heavy atom. The van der Waals surface area contributed by atoms with Crippen molar-refractivity contribution in [2.24, 2.45) is 0 Å². The average Bonchev–Trinajstić information content (AvgIpc) is 2.64. The molecule has 1 aliphatic rings. The zero-order valence-electron chi connectivity index (χ0n) is 11.1. The van der Waals surface area contributed by atoms with Crippen LogP contribution >= 0.6 is 23.4 Å². The second-order valence-electron chi connectivity index (χ2n) is 4.68. The van der Waals surface area contributed by atoms with Gasteiger partial charge in [-0.15, -0.1) is 0 Å². The van der Waals surface area contributed by atoms with Crippen molar-refractivity contribution in [3.63, 3.8) is 0 Å². The molecule has 104 valence electrons. The Morgan fingerprint density at radius 1 is 1.58 bits per heavy atom. The van der Waals surface area contributed by atoms with Crippen molar-refractivity contribution in [2.75, 3.05) is 18.8 Å². The lowest BCUT2D eigenvalue weighted by Gasteiger charge is -2.23. The van der Waals surface area contributed by atoms with Gasteiger partial charge in [-0.05, 0) is 30.7 Å². The third-order valence-corrected chi connectivity index (χ3v) is 4.68. The second-order valence-corrected chi connectivity index (χ2v) is 6.70. The monoisotopic (exact) mass is 298 g/mol. The van der Waals surface area contributed by atoms with Gasteiger partial charge in [0.2, 0.25) is 0 Å². The first-order valence-electron chi connectivity index (χ1n) is 6.73. The summed E-state index contributed by atoms with van der Waals surface area (Å²) >= 11 is 7.87. The fourth-order valence-electron chi connectivity index (χ4n) is 2.34. The van der Waals surface area contributed by atoms with Crippen LogP contribution < -0.4 is 0 Å². The Balaban J connectivity index is 2.08. The predicted molar refractivity (Wildman–Crippen MR) is 80.9 cm³/mol. The van der Waals surface area contributed by atoms with Gasteiger partial charge in [-0.2, -0.15) is 11.8 Å². The van der Waals surface area contributed by atoms with Gasteiger partial charge in [0, 0.05) is 29.6 Å². The minimum atomic E-state index is 0.00565. The molecular weight excluding hydrogens is 280 g/mol. The molecule has 1 aromatic rings. The maximum atomic E-state index is 12.5. The molecule has 0 spiro atoms. The quantitative estimate of drug-likeness (QED) is 0.856. The molecule has 19 heavy (non-hydrogen) atoms. The molecule has 0 aliphatic carbocycles. The van der Waals surface area contributed by atoms with Crippen molar-refractivity contribution < 1.29 is 4.79 Å². The van der Waals surface area contributed by atoms with E-state index in [1.165, 1.54) is 12.8 Å².